The summed E-state index contributed by atoms with van der Waals surface area (Å²) in [6, 6.07) is 0. The molecule has 11 heavy (non-hydrogen) atoms. The van der Waals surface area contributed by atoms with E-state index in [9.17, 15) is 0 Å². The van der Waals surface area contributed by atoms with Crippen molar-refractivity contribution in [1.82, 2.24) is 5.32 Å². The van der Waals surface area contributed by atoms with E-state index in [1.54, 1.807) is 0 Å². The summed E-state index contributed by atoms with van der Waals surface area (Å²) in [5.41, 5.74) is 0. The fraction of sp³-hybridized carbons (Fsp3) is 0.800. The fourth-order valence-electron chi connectivity index (χ4n) is 1.23. The van der Waals surface area contributed by atoms with Gasteiger partial charge in [-0.2, -0.15) is 0 Å². The van der Waals surface area contributed by atoms with Crippen LogP contribution < -0.4 is 5.32 Å². The van der Waals surface area contributed by atoms with E-state index in [1.165, 1.54) is 25.7 Å². The maximum absolute atomic E-state index is 3.70. The third-order valence-corrected chi connectivity index (χ3v) is 1.91. The lowest BCUT2D eigenvalue weighted by Gasteiger charge is -2.08. The topological polar surface area (TPSA) is 12.0 Å². The fourth-order valence-corrected chi connectivity index (χ4v) is 1.23. The van der Waals surface area contributed by atoms with Gasteiger partial charge >= 0.3 is 0 Å². The minimum atomic E-state index is 0.824. The zero-order valence-corrected chi connectivity index (χ0v) is 7.90. The van der Waals surface area contributed by atoms with Crippen molar-refractivity contribution in [1.29, 1.82) is 0 Å². The molecule has 0 rings (SSSR count). The van der Waals surface area contributed by atoms with E-state index in [4.69, 9.17) is 0 Å². The van der Waals surface area contributed by atoms with Gasteiger partial charge in [0, 0.05) is 0 Å². The van der Waals surface area contributed by atoms with Crippen molar-refractivity contribution >= 4 is 0 Å². The Balaban J connectivity index is 3.03. The molecule has 1 unspecified atom stereocenters. The van der Waals surface area contributed by atoms with Gasteiger partial charge in [0.2, 0.25) is 0 Å². The van der Waals surface area contributed by atoms with Gasteiger partial charge < -0.3 is 5.32 Å². The van der Waals surface area contributed by atoms with E-state index in [-0.39, 0.29) is 0 Å². The van der Waals surface area contributed by atoms with Crippen LogP contribution >= 0.6 is 0 Å². The molecule has 1 atom stereocenters. The van der Waals surface area contributed by atoms with E-state index in [0.717, 1.165) is 12.5 Å². The van der Waals surface area contributed by atoms with Gasteiger partial charge in [-0.3, -0.25) is 0 Å². The molecule has 0 aromatic carbocycles. The molecule has 0 saturated carbocycles. The molecule has 0 radical (unpaired) electrons. The summed E-state index contributed by atoms with van der Waals surface area (Å²) in [5, 5.41) is 3.19. The molecule has 0 aliphatic heterocycles. The Hall–Kier alpha value is -0.300. The molecule has 1 heteroatoms. The molecule has 0 aromatic rings. The van der Waals surface area contributed by atoms with Crippen LogP contribution in [0, 0.1) is 5.92 Å². The van der Waals surface area contributed by atoms with Crippen LogP contribution in [-0.4, -0.2) is 13.6 Å². The highest BCUT2D eigenvalue weighted by Gasteiger charge is 1.98. The van der Waals surface area contributed by atoms with Crippen molar-refractivity contribution < 1.29 is 0 Å². The zero-order valence-electron chi connectivity index (χ0n) is 7.90. The van der Waals surface area contributed by atoms with Crippen LogP contribution in [0.1, 0.15) is 32.6 Å². The van der Waals surface area contributed by atoms with Gasteiger partial charge in [0.15, 0.2) is 0 Å². The molecule has 0 fully saturated rings. The third-order valence-electron chi connectivity index (χ3n) is 1.91. The molecule has 0 aliphatic rings. The summed E-state index contributed by atoms with van der Waals surface area (Å²) in [4.78, 5) is 0. The molecule has 0 aliphatic carbocycles. The normalized spacial score (nSPS) is 12.9. The molecule has 0 bridgehead atoms. The molecular weight excluding hydrogens is 134 g/mol. The van der Waals surface area contributed by atoms with Crippen LogP contribution in [0.3, 0.4) is 0 Å². The van der Waals surface area contributed by atoms with Crippen LogP contribution in [0.4, 0.5) is 0 Å². The Morgan fingerprint density at radius 3 is 2.73 bits per heavy atom. The highest BCUT2D eigenvalue weighted by molar-refractivity contribution is 4.66. The van der Waals surface area contributed by atoms with E-state index >= 15 is 0 Å². The van der Waals surface area contributed by atoms with Gasteiger partial charge in [0.05, 0.1) is 0 Å². The van der Waals surface area contributed by atoms with Crippen molar-refractivity contribution in [2.45, 2.75) is 32.6 Å². The van der Waals surface area contributed by atoms with E-state index in [2.05, 4.69) is 18.8 Å². The number of nitrogens with one attached hydrogen (secondary N) is 1. The molecule has 0 amide bonds. The minimum absolute atomic E-state index is 0.824. The smallest absolute Gasteiger partial charge is 0.00262 e. The van der Waals surface area contributed by atoms with E-state index < -0.39 is 0 Å². The molecule has 0 aromatic heterocycles. The van der Waals surface area contributed by atoms with Gasteiger partial charge in [-0.05, 0) is 38.8 Å². The lowest BCUT2D eigenvalue weighted by Crippen LogP contribution is -2.15. The van der Waals surface area contributed by atoms with Gasteiger partial charge in [-0.1, -0.05) is 19.4 Å². The van der Waals surface area contributed by atoms with Gasteiger partial charge in [0.1, 0.15) is 0 Å². The van der Waals surface area contributed by atoms with Crippen molar-refractivity contribution in [3.63, 3.8) is 0 Å². The molecule has 1 N–H and O–H groups in total. The predicted octanol–water partition coefficient (Wildman–Crippen LogP) is 2.59. The summed E-state index contributed by atoms with van der Waals surface area (Å²) in [7, 11) is 2.01. The summed E-state index contributed by atoms with van der Waals surface area (Å²) >= 11 is 0. The first-order chi connectivity index (χ1) is 5.31. The Labute approximate surface area is 70.9 Å². The van der Waals surface area contributed by atoms with Crippen molar-refractivity contribution in [2.24, 2.45) is 5.92 Å². The quantitative estimate of drug-likeness (QED) is 0.440. The van der Waals surface area contributed by atoms with Crippen LogP contribution in [0.5, 0.6) is 0 Å². The zero-order chi connectivity index (χ0) is 8.53. The summed E-state index contributed by atoms with van der Waals surface area (Å²) < 4.78 is 0. The number of hydrogen-bond acceptors (Lipinski definition) is 1. The number of allylic oxidation sites excluding steroid dienone is 1. The molecular formula is C10H21N. The van der Waals surface area contributed by atoms with Gasteiger partial charge in [0.25, 0.3) is 0 Å². The van der Waals surface area contributed by atoms with Gasteiger partial charge in [-0.15, -0.1) is 6.58 Å². The lowest BCUT2D eigenvalue weighted by molar-refractivity contribution is 0.478. The maximum Gasteiger partial charge on any atom is -0.00262 e. The van der Waals surface area contributed by atoms with Crippen molar-refractivity contribution in [2.75, 3.05) is 13.6 Å². The lowest BCUT2D eigenvalue weighted by atomic mass is 10.0. The molecule has 0 saturated heterocycles. The third kappa shape index (κ3) is 7.60. The van der Waals surface area contributed by atoms with Crippen LogP contribution in [0.2, 0.25) is 0 Å². The van der Waals surface area contributed by atoms with Crippen LogP contribution in [-0.2, 0) is 0 Å². The average Bonchev–Trinajstić information content (AvgIpc) is 1.99. The molecule has 66 valence electrons. The Morgan fingerprint density at radius 2 is 2.18 bits per heavy atom. The van der Waals surface area contributed by atoms with Crippen molar-refractivity contribution in [3.05, 3.63) is 12.7 Å². The predicted molar refractivity (Wildman–Crippen MR) is 51.8 cm³/mol. The van der Waals surface area contributed by atoms with Crippen LogP contribution in [0.25, 0.3) is 0 Å². The first-order valence-corrected chi connectivity index (χ1v) is 4.56. The molecule has 1 nitrogen and oxygen atoms in total. The first kappa shape index (κ1) is 10.7. The second-order valence-electron chi connectivity index (χ2n) is 3.24. The highest BCUT2D eigenvalue weighted by Crippen LogP contribution is 2.08. The monoisotopic (exact) mass is 155 g/mol. The highest BCUT2D eigenvalue weighted by atomic mass is 14.8. The maximum atomic E-state index is 3.70. The molecule has 0 heterocycles. The summed E-state index contributed by atoms with van der Waals surface area (Å²) in [6.07, 6.45) is 7.16. The number of rotatable bonds is 7. The largest absolute Gasteiger partial charge is 0.319 e. The van der Waals surface area contributed by atoms with Crippen molar-refractivity contribution in [3.8, 4) is 0 Å². The Bertz CT molecular complexity index is 88.9. The number of unbranched alkanes of at least 4 members (excludes halogenated alkanes) is 2. The number of hydrogen-bond donors (Lipinski definition) is 1. The average molecular weight is 155 g/mol. The summed E-state index contributed by atoms with van der Waals surface area (Å²) in [5.74, 6) is 0.824. The second-order valence-corrected chi connectivity index (χ2v) is 3.24. The second kappa shape index (κ2) is 7.80. The Morgan fingerprint density at radius 1 is 1.45 bits per heavy atom. The minimum Gasteiger partial charge on any atom is -0.319 e. The molecule has 0 spiro atoms. The Kier molecular flexibility index (Phi) is 7.59. The van der Waals surface area contributed by atoms with E-state index in [0.29, 0.717) is 0 Å². The first-order valence-electron chi connectivity index (χ1n) is 4.56. The standard InChI is InChI=1S/C10H21N/c1-4-5-6-7-8-10(2)9-11-3/h4,10-11H,1,5-9H2,2-3H3. The summed E-state index contributed by atoms with van der Waals surface area (Å²) in [6.45, 7) is 7.14. The van der Waals surface area contributed by atoms with Gasteiger partial charge in [-0.25, -0.2) is 0 Å². The van der Waals surface area contributed by atoms with Crippen LogP contribution in [0.15, 0.2) is 12.7 Å². The SMILES string of the molecule is C=CCCCCC(C)CNC. The van der Waals surface area contributed by atoms with E-state index in [1.807, 2.05) is 13.1 Å².